The second-order valence-electron chi connectivity index (χ2n) is 5.74. The number of thiazole rings is 1. The van der Waals surface area contributed by atoms with E-state index in [9.17, 15) is 9.59 Å². The minimum absolute atomic E-state index is 0.00193. The molecule has 0 spiro atoms. The first-order chi connectivity index (χ1) is 10.8. The van der Waals surface area contributed by atoms with Crippen LogP contribution in [0.15, 0.2) is 18.5 Å². The predicted octanol–water partition coefficient (Wildman–Crippen LogP) is 2.28. The van der Waals surface area contributed by atoms with E-state index in [0.717, 1.165) is 0 Å². The molecule has 2 rings (SSSR count). The average Bonchev–Trinajstić information content (AvgIpc) is 2.88. The standard InChI is InChI=1S/C15H18N4O3S/c1-9-11(13(22)19-15(2,3)6-5-10(20)21)23-14(18-9)12-16-7-4-8-17-12/h4,7-8H,5-6H2,1-3H3,(H,19,22)(H,20,21). The van der Waals surface area contributed by atoms with Crippen molar-refractivity contribution in [2.75, 3.05) is 0 Å². The lowest BCUT2D eigenvalue weighted by atomic mass is 9.98. The van der Waals surface area contributed by atoms with E-state index in [0.29, 0.717) is 27.8 Å². The zero-order chi connectivity index (χ0) is 17.0. The second kappa shape index (κ2) is 6.82. The number of amides is 1. The Bertz CT molecular complexity index is 713. The summed E-state index contributed by atoms with van der Waals surface area (Å²) in [5, 5.41) is 12.2. The van der Waals surface area contributed by atoms with Gasteiger partial charge < -0.3 is 10.4 Å². The number of rotatable bonds is 6. The summed E-state index contributed by atoms with van der Waals surface area (Å²) in [6, 6.07) is 1.71. The van der Waals surface area contributed by atoms with E-state index in [-0.39, 0.29) is 12.3 Å². The van der Waals surface area contributed by atoms with Gasteiger partial charge in [0.05, 0.1) is 5.69 Å². The molecule has 0 aliphatic heterocycles. The third kappa shape index (κ3) is 4.56. The van der Waals surface area contributed by atoms with Crippen LogP contribution in [0.2, 0.25) is 0 Å². The summed E-state index contributed by atoms with van der Waals surface area (Å²) in [4.78, 5) is 36.2. The van der Waals surface area contributed by atoms with Crippen LogP contribution in [0.3, 0.4) is 0 Å². The first-order valence-electron chi connectivity index (χ1n) is 7.07. The predicted molar refractivity (Wildman–Crippen MR) is 86.3 cm³/mol. The van der Waals surface area contributed by atoms with Gasteiger partial charge in [0.15, 0.2) is 10.8 Å². The SMILES string of the molecule is Cc1nc(-c2ncccn2)sc1C(=O)NC(C)(C)CCC(=O)O. The molecule has 0 bridgehead atoms. The van der Waals surface area contributed by atoms with Crippen LogP contribution in [-0.4, -0.2) is 37.5 Å². The fraction of sp³-hybridized carbons (Fsp3) is 0.400. The summed E-state index contributed by atoms with van der Waals surface area (Å²) < 4.78 is 0. The van der Waals surface area contributed by atoms with Crippen LogP contribution in [0.5, 0.6) is 0 Å². The molecule has 0 saturated heterocycles. The number of hydrogen-bond acceptors (Lipinski definition) is 6. The highest BCUT2D eigenvalue weighted by Crippen LogP contribution is 2.25. The molecule has 2 N–H and O–H groups in total. The van der Waals surface area contributed by atoms with Gasteiger partial charge in [0.25, 0.3) is 5.91 Å². The largest absolute Gasteiger partial charge is 0.481 e. The van der Waals surface area contributed by atoms with Crippen LogP contribution in [-0.2, 0) is 4.79 Å². The Hall–Kier alpha value is -2.35. The molecule has 2 aromatic heterocycles. The molecule has 0 saturated carbocycles. The molecule has 2 heterocycles. The number of hydrogen-bond donors (Lipinski definition) is 2. The molecule has 0 aromatic carbocycles. The molecular weight excluding hydrogens is 316 g/mol. The van der Waals surface area contributed by atoms with Gasteiger partial charge in [-0.2, -0.15) is 0 Å². The van der Waals surface area contributed by atoms with Crippen LogP contribution in [0.25, 0.3) is 10.8 Å². The molecule has 8 heteroatoms. The summed E-state index contributed by atoms with van der Waals surface area (Å²) in [6.45, 7) is 5.35. The quantitative estimate of drug-likeness (QED) is 0.839. The third-order valence-electron chi connectivity index (χ3n) is 3.18. The van der Waals surface area contributed by atoms with Gasteiger partial charge in [-0.1, -0.05) is 0 Å². The van der Waals surface area contributed by atoms with E-state index < -0.39 is 11.5 Å². The molecule has 0 radical (unpaired) electrons. The number of carboxylic acid groups (broad SMARTS) is 1. The average molecular weight is 334 g/mol. The van der Waals surface area contributed by atoms with Gasteiger partial charge in [0.2, 0.25) is 0 Å². The normalized spacial score (nSPS) is 11.3. The van der Waals surface area contributed by atoms with E-state index in [1.807, 2.05) is 0 Å². The number of nitrogens with zero attached hydrogens (tertiary/aromatic N) is 3. The van der Waals surface area contributed by atoms with E-state index in [1.54, 1.807) is 39.2 Å². The zero-order valence-electron chi connectivity index (χ0n) is 13.2. The third-order valence-corrected chi connectivity index (χ3v) is 4.33. The minimum Gasteiger partial charge on any atom is -0.481 e. The van der Waals surface area contributed by atoms with Crippen molar-refractivity contribution in [2.24, 2.45) is 0 Å². The number of aryl methyl sites for hydroxylation is 1. The van der Waals surface area contributed by atoms with E-state index in [1.165, 1.54) is 11.3 Å². The van der Waals surface area contributed by atoms with Gasteiger partial charge in [0, 0.05) is 24.4 Å². The molecule has 23 heavy (non-hydrogen) atoms. The van der Waals surface area contributed by atoms with Crippen LogP contribution in [0.4, 0.5) is 0 Å². The summed E-state index contributed by atoms with van der Waals surface area (Å²) in [5.74, 6) is -0.674. The number of nitrogens with one attached hydrogen (secondary N) is 1. The van der Waals surface area contributed by atoms with E-state index >= 15 is 0 Å². The van der Waals surface area contributed by atoms with Crippen molar-refractivity contribution in [3.8, 4) is 10.8 Å². The molecule has 0 aliphatic carbocycles. The maximum absolute atomic E-state index is 12.4. The topological polar surface area (TPSA) is 105 Å². The van der Waals surface area contributed by atoms with Gasteiger partial charge >= 0.3 is 5.97 Å². The zero-order valence-corrected chi connectivity index (χ0v) is 14.0. The Kier molecular flexibility index (Phi) is 5.05. The Morgan fingerprint density at radius 3 is 2.57 bits per heavy atom. The first kappa shape index (κ1) is 17.0. The maximum Gasteiger partial charge on any atom is 0.303 e. The highest BCUT2D eigenvalue weighted by Gasteiger charge is 2.25. The van der Waals surface area contributed by atoms with Crippen LogP contribution >= 0.6 is 11.3 Å². The van der Waals surface area contributed by atoms with Crippen molar-refractivity contribution in [1.29, 1.82) is 0 Å². The Balaban J connectivity index is 2.14. The molecule has 1 amide bonds. The number of aliphatic carboxylic acids is 1. The van der Waals surface area contributed by atoms with Crippen molar-refractivity contribution in [1.82, 2.24) is 20.3 Å². The summed E-state index contributed by atoms with van der Waals surface area (Å²) >= 11 is 1.22. The fourth-order valence-electron chi connectivity index (χ4n) is 1.96. The molecule has 0 fully saturated rings. The van der Waals surface area contributed by atoms with E-state index in [4.69, 9.17) is 5.11 Å². The Labute approximate surface area is 137 Å². The summed E-state index contributed by atoms with van der Waals surface area (Å²) in [6.07, 6.45) is 3.58. The smallest absolute Gasteiger partial charge is 0.303 e. The number of aromatic nitrogens is 3. The van der Waals surface area contributed by atoms with Gasteiger partial charge in [-0.05, 0) is 33.3 Å². The lowest BCUT2D eigenvalue weighted by Crippen LogP contribution is -2.43. The monoisotopic (exact) mass is 334 g/mol. The van der Waals surface area contributed by atoms with E-state index in [2.05, 4.69) is 20.3 Å². The lowest BCUT2D eigenvalue weighted by molar-refractivity contribution is -0.137. The van der Waals surface area contributed by atoms with Crippen molar-refractivity contribution in [3.63, 3.8) is 0 Å². The van der Waals surface area contributed by atoms with Crippen molar-refractivity contribution < 1.29 is 14.7 Å². The summed E-state index contributed by atoms with van der Waals surface area (Å²) in [7, 11) is 0. The Morgan fingerprint density at radius 1 is 1.30 bits per heavy atom. The molecular formula is C15H18N4O3S. The van der Waals surface area contributed by atoms with Gasteiger partial charge in [-0.3, -0.25) is 9.59 Å². The maximum atomic E-state index is 12.4. The molecule has 7 nitrogen and oxygen atoms in total. The fourth-order valence-corrected chi connectivity index (χ4v) is 2.87. The highest BCUT2D eigenvalue weighted by molar-refractivity contribution is 7.17. The molecule has 122 valence electrons. The highest BCUT2D eigenvalue weighted by atomic mass is 32.1. The van der Waals surface area contributed by atoms with Crippen molar-refractivity contribution in [2.45, 2.75) is 39.2 Å². The van der Waals surface area contributed by atoms with Crippen LogP contribution in [0, 0.1) is 6.92 Å². The van der Waals surface area contributed by atoms with Gasteiger partial charge in [-0.25, -0.2) is 15.0 Å². The summed E-state index contributed by atoms with van der Waals surface area (Å²) in [5.41, 5.74) is -0.0148. The molecule has 0 aliphatic rings. The van der Waals surface area contributed by atoms with Crippen LogP contribution in [0.1, 0.15) is 42.1 Å². The van der Waals surface area contributed by atoms with Crippen LogP contribution < -0.4 is 5.32 Å². The second-order valence-corrected chi connectivity index (χ2v) is 6.74. The van der Waals surface area contributed by atoms with Crippen molar-refractivity contribution >= 4 is 23.2 Å². The number of carbonyl (C=O) groups excluding carboxylic acids is 1. The van der Waals surface area contributed by atoms with Gasteiger partial charge in [0.1, 0.15) is 4.88 Å². The molecule has 2 aromatic rings. The molecule has 0 unspecified atom stereocenters. The van der Waals surface area contributed by atoms with Gasteiger partial charge in [-0.15, -0.1) is 11.3 Å². The first-order valence-corrected chi connectivity index (χ1v) is 7.89. The lowest BCUT2D eigenvalue weighted by Gasteiger charge is -2.25. The van der Waals surface area contributed by atoms with Crippen molar-refractivity contribution in [3.05, 3.63) is 29.0 Å². The minimum atomic E-state index is -0.884. The molecule has 0 atom stereocenters. The Morgan fingerprint density at radius 2 is 1.96 bits per heavy atom. The number of carboxylic acids is 1. The number of carbonyl (C=O) groups is 2.